The molecule has 0 aromatic carbocycles. The molecule has 4 nitrogen and oxygen atoms in total. The molecule has 1 aromatic heterocycles. The van der Waals surface area contributed by atoms with Crippen molar-refractivity contribution in [1.29, 1.82) is 0 Å². The minimum absolute atomic E-state index is 0.372. The van der Waals surface area contributed by atoms with Crippen molar-refractivity contribution in [2.75, 3.05) is 0 Å². The van der Waals surface area contributed by atoms with Crippen LogP contribution in [0.3, 0.4) is 0 Å². The Balaban J connectivity index is 2.75. The molecule has 1 aromatic rings. The molecule has 0 aliphatic heterocycles. The Labute approximate surface area is 64.6 Å². The number of isocyanates is 1. The average Bonchev–Trinajstić information content (AvgIpc) is 2.47. The molecule has 0 amide bonds. The Morgan fingerprint density at radius 3 is 3.27 bits per heavy atom. The Bertz CT molecular complexity index is 273. The van der Waals surface area contributed by atoms with E-state index in [0.717, 1.165) is 12.2 Å². The lowest BCUT2D eigenvalue weighted by molar-refractivity contribution is 0.560. The highest BCUT2D eigenvalue weighted by molar-refractivity contribution is 5.33. The third-order valence-electron chi connectivity index (χ3n) is 1.41. The maximum atomic E-state index is 9.78. The first-order valence-electron chi connectivity index (χ1n) is 3.42. The van der Waals surface area contributed by atoms with Crippen molar-refractivity contribution in [1.82, 2.24) is 9.78 Å². The van der Waals surface area contributed by atoms with Crippen LogP contribution in [0.2, 0.25) is 0 Å². The summed E-state index contributed by atoms with van der Waals surface area (Å²) in [5.74, 6) is 0. The molecule has 1 heterocycles. The van der Waals surface area contributed by atoms with Gasteiger partial charge in [-0.3, -0.25) is 4.68 Å². The highest BCUT2D eigenvalue weighted by Gasteiger charge is 1.96. The fraction of sp³-hybridized carbons (Fsp3) is 0.429. The molecule has 0 fully saturated rings. The van der Waals surface area contributed by atoms with Crippen LogP contribution in [0.4, 0.5) is 0 Å². The van der Waals surface area contributed by atoms with Gasteiger partial charge in [0.2, 0.25) is 6.08 Å². The molecule has 1 rings (SSSR count). The second-order valence-electron chi connectivity index (χ2n) is 2.05. The van der Waals surface area contributed by atoms with E-state index in [9.17, 15) is 4.79 Å². The van der Waals surface area contributed by atoms with Crippen molar-refractivity contribution in [2.24, 2.45) is 4.99 Å². The maximum absolute atomic E-state index is 9.78. The predicted molar refractivity (Wildman–Crippen MR) is 39.7 cm³/mol. The maximum Gasteiger partial charge on any atom is 0.235 e. The van der Waals surface area contributed by atoms with Crippen LogP contribution in [0.25, 0.3) is 0 Å². The second kappa shape index (κ2) is 3.68. The summed E-state index contributed by atoms with van der Waals surface area (Å²) in [7, 11) is 0. The summed E-state index contributed by atoms with van der Waals surface area (Å²) in [6, 6.07) is 1.84. The van der Waals surface area contributed by atoms with Crippen molar-refractivity contribution in [3.63, 3.8) is 0 Å². The zero-order chi connectivity index (χ0) is 8.10. The van der Waals surface area contributed by atoms with Crippen LogP contribution in [0, 0.1) is 0 Å². The summed E-state index contributed by atoms with van der Waals surface area (Å²) < 4.78 is 1.79. The molecular weight excluding hydrogens is 142 g/mol. The first-order chi connectivity index (χ1) is 5.38. The molecule has 4 heteroatoms. The standard InChI is InChI=1S/C7H9N3O/c1-2-10-7(3-4-9-10)5-8-6-11/h3-4H,2,5H2,1H3. The molecule has 0 atom stereocenters. The monoisotopic (exact) mass is 151 g/mol. The number of nitrogens with zero attached hydrogens (tertiary/aromatic N) is 3. The van der Waals surface area contributed by atoms with E-state index in [2.05, 4.69) is 10.1 Å². The molecule has 0 saturated heterocycles. The van der Waals surface area contributed by atoms with Gasteiger partial charge < -0.3 is 0 Å². The second-order valence-corrected chi connectivity index (χ2v) is 2.05. The predicted octanol–water partition coefficient (Wildman–Crippen LogP) is 0.739. The number of aryl methyl sites for hydroxylation is 1. The summed E-state index contributed by atoms with van der Waals surface area (Å²) in [4.78, 5) is 13.2. The largest absolute Gasteiger partial charge is 0.268 e. The molecule has 11 heavy (non-hydrogen) atoms. The van der Waals surface area contributed by atoms with Crippen molar-refractivity contribution in [3.05, 3.63) is 18.0 Å². The van der Waals surface area contributed by atoms with Gasteiger partial charge in [0.1, 0.15) is 0 Å². The van der Waals surface area contributed by atoms with Crippen molar-refractivity contribution in [3.8, 4) is 0 Å². The summed E-state index contributed by atoms with van der Waals surface area (Å²) in [6.07, 6.45) is 3.18. The van der Waals surface area contributed by atoms with Gasteiger partial charge in [-0.25, -0.2) is 4.79 Å². The van der Waals surface area contributed by atoms with Gasteiger partial charge in [0.15, 0.2) is 0 Å². The van der Waals surface area contributed by atoms with Gasteiger partial charge in [-0.1, -0.05) is 0 Å². The lowest BCUT2D eigenvalue weighted by Gasteiger charge is -1.98. The van der Waals surface area contributed by atoms with Gasteiger partial charge in [-0.2, -0.15) is 10.1 Å². The molecule has 0 saturated carbocycles. The van der Waals surface area contributed by atoms with E-state index in [-0.39, 0.29) is 0 Å². The number of carbonyl (C=O) groups excluding carboxylic acids is 1. The lowest BCUT2D eigenvalue weighted by Crippen LogP contribution is -2.00. The number of hydrogen-bond acceptors (Lipinski definition) is 3. The van der Waals surface area contributed by atoms with Crippen LogP contribution >= 0.6 is 0 Å². The molecule has 0 aliphatic rings. The Kier molecular flexibility index (Phi) is 2.58. The highest BCUT2D eigenvalue weighted by atomic mass is 16.1. The van der Waals surface area contributed by atoms with Gasteiger partial charge in [-0.15, -0.1) is 0 Å². The minimum atomic E-state index is 0.372. The molecular formula is C7H9N3O. The van der Waals surface area contributed by atoms with Crippen LogP contribution < -0.4 is 0 Å². The van der Waals surface area contributed by atoms with E-state index in [1.54, 1.807) is 10.9 Å². The third-order valence-corrected chi connectivity index (χ3v) is 1.41. The van der Waals surface area contributed by atoms with E-state index in [0.29, 0.717) is 6.54 Å². The van der Waals surface area contributed by atoms with E-state index in [1.165, 1.54) is 6.08 Å². The Hall–Kier alpha value is -1.41. The first kappa shape index (κ1) is 7.69. The fourth-order valence-corrected chi connectivity index (χ4v) is 0.892. The quantitative estimate of drug-likeness (QED) is 0.472. The van der Waals surface area contributed by atoms with Gasteiger partial charge in [0.25, 0.3) is 0 Å². The number of aromatic nitrogens is 2. The third kappa shape index (κ3) is 1.75. The van der Waals surface area contributed by atoms with Crippen molar-refractivity contribution >= 4 is 6.08 Å². The molecule has 0 spiro atoms. The van der Waals surface area contributed by atoms with E-state index >= 15 is 0 Å². The number of hydrogen-bond donors (Lipinski definition) is 0. The van der Waals surface area contributed by atoms with Crippen LogP contribution in [-0.4, -0.2) is 15.9 Å². The summed E-state index contributed by atoms with van der Waals surface area (Å²) in [6.45, 7) is 3.16. The Morgan fingerprint density at radius 2 is 2.64 bits per heavy atom. The van der Waals surface area contributed by atoms with E-state index in [4.69, 9.17) is 0 Å². The summed E-state index contributed by atoms with van der Waals surface area (Å²) >= 11 is 0. The van der Waals surface area contributed by atoms with Gasteiger partial charge >= 0.3 is 0 Å². The molecule has 0 bridgehead atoms. The fourth-order valence-electron chi connectivity index (χ4n) is 0.892. The minimum Gasteiger partial charge on any atom is -0.268 e. The summed E-state index contributed by atoms with van der Waals surface area (Å²) in [5.41, 5.74) is 0.941. The number of rotatable bonds is 3. The molecule has 0 radical (unpaired) electrons. The van der Waals surface area contributed by atoms with E-state index in [1.807, 2.05) is 13.0 Å². The van der Waals surface area contributed by atoms with Crippen LogP contribution in [0.15, 0.2) is 17.3 Å². The van der Waals surface area contributed by atoms with Gasteiger partial charge in [0, 0.05) is 12.7 Å². The van der Waals surface area contributed by atoms with Crippen molar-refractivity contribution < 1.29 is 4.79 Å². The molecule has 0 N–H and O–H groups in total. The lowest BCUT2D eigenvalue weighted by atomic mass is 10.4. The first-order valence-corrected chi connectivity index (χ1v) is 3.42. The van der Waals surface area contributed by atoms with Crippen LogP contribution in [0.5, 0.6) is 0 Å². The molecule has 0 unspecified atom stereocenters. The number of aliphatic imine (C=N–C) groups is 1. The highest BCUT2D eigenvalue weighted by Crippen LogP contribution is 1.99. The van der Waals surface area contributed by atoms with Gasteiger partial charge in [-0.05, 0) is 13.0 Å². The SMILES string of the molecule is CCn1nccc1CN=C=O. The normalized spacial score (nSPS) is 9.18. The molecule has 0 aliphatic carbocycles. The van der Waals surface area contributed by atoms with E-state index < -0.39 is 0 Å². The zero-order valence-corrected chi connectivity index (χ0v) is 6.32. The topological polar surface area (TPSA) is 47.2 Å². The summed E-state index contributed by atoms with van der Waals surface area (Å²) in [5, 5.41) is 4.01. The Morgan fingerprint density at radius 1 is 1.82 bits per heavy atom. The smallest absolute Gasteiger partial charge is 0.235 e. The van der Waals surface area contributed by atoms with Gasteiger partial charge in [0.05, 0.1) is 12.2 Å². The van der Waals surface area contributed by atoms with Crippen LogP contribution in [0.1, 0.15) is 12.6 Å². The van der Waals surface area contributed by atoms with Crippen molar-refractivity contribution in [2.45, 2.75) is 20.0 Å². The molecule has 58 valence electrons. The average molecular weight is 151 g/mol. The zero-order valence-electron chi connectivity index (χ0n) is 6.32. The van der Waals surface area contributed by atoms with Crippen LogP contribution in [-0.2, 0) is 17.9 Å².